The summed E-state index contributed by atoms with van der Waals surface area (Å²) < 4.78 is 5.11. The lowest BCUT2D eigenvalue weighted by Gasteiger charge is -2.18. The number of carbonyl (C=O) groups excluding carboxylic acids is 1. The monoisotopic (exact) mass is 712 g/mol. The minimum Gasteiger partial charge on any atom is -0.481 e. The number of carbonyl (C=O) groups is 3. The fourth-order valence-corrected chi connectivity index (χ4v) is 7.67. The maximum absolute atomic E-state index is 12.0. The Kier molecular flexibility index (Phi) is 36.5. The van der Waals surface area contributed by atoms with Crippen LogP contribution in [0.2, 0.25) is 0 Å². The number of hydrogen-bond donors (Lipinski definition) is 3. The molecule has 0 bridgehead atoms. The molecule has 0 fully saturated rings. The normalized spacial score (nSPS) is 12.5. The van der Waals surface area contributed by atoms with E-state index in [1.54, 1.807) is 6.08 Å². The highest BCUT2D eigenvalue weighted by molar-refractivity contribution is 7.99. The number of unbranched alkanes of at least 4 members (excludes halogenated alkanes) is 25. The van der Waals surface area contributed by atoms with Crippen molar-refractivity contribution in [3.8, 4) is 0 Å². The van der Waals surface area contributed by atoms with Gasteiger partial charge in [-0.3, -0.25) is 14.4 Å². The van der Waals surface area contributed by atoms with Crippen molar-refractivity contribution in [2.75, 3.05) is 18.1 Å². The molecule has 0 amide bonds. The zero-order valence-corrected chi connectivity index (χ0v) is 32.3. The summed E-state index contributed by atoms with van der Waals surface area (Å²) in [6.45, 7) is 3.81. The van der Waals surface area contributed by atoms with E-state index in [2.05, 4.69) is 6.58 Å². The number of carboxylic acid groups (broad SMARTS) is 2. The van der Waals surface area contributed by atoms with Gasteiger partial charge < -0.3 is 20.7 Å². The highest BCUT2D eigenvalue weighted by atomic mass is 32.2. The van der Waals surface area contributed by atoms with Crippen molar-refractivity contribution in [3.05, 3.63) is 12.7 Å². The fraction of sp³-hybridized carbons (Fsp3) is 0.878. The molecule has 288 valence electrons. The van der Waals surface area contributed by atoms with E-state index in [1.165, 1.54) is 161 Å². The van der Waals surface area contributed by atoms with Crippen LogP contribution in [0.5, 0.6) is 0 Å². The predicted molar refractivity (Wildman–Crippen MR) is 208 cm³/mol. The van der Waals surface area contributed by atoms with Crippen LogP contribution >= 0.6 is 11.8 Å². The molecule has 49 heavy (non-hydrogen) atoms. The number of thioether (sulfide) groups is 1. The Morgan fingerprint density at radius 3 is 1.14 bits per heavy atom. The lowest BCUT2D eigenvalue weighted by molar-refractivity contribution is -0.143. The van der Waals surface area contributed by atoms with Crippen LogP contribution < -0.4 is 5.73 Å². The van der Waals surface area contributed by atoms with Gasteiger partial charge in [-0.1, -0.05) is 173 Å². The van der Waals surface area contributed by atoms with Crippen molar-refractivity contribution in [1.82, 2.24) is 0 Å². The molecule has 0 aromatic carbocycles. The number of carboxylic acids is 2. The third kappa shape index (κ3) is 37.5. The quantitative estimate of drug-likeness (QED) is 0.0326. The first kappa shape index (κ1) is 47.5. The molecule has 0 radical (unpaired) electrons. The number of esters is 1. The van der Waals surface area contributed by atoms with Gasteiger partial charge >= 0.3 is 17.9 Å². The second-order valence-corrected chi connectivity index (χ2v) is 15.4. The molecule has 1 unspecified atom stereocenters. The molecule has 0 aromatic heterocycles. The molecule has 2 atom stereocenters. The largest absolute Gasteiger partial charge is 0.481 e. The van der Waals surface area contributed by atoms with Crippen LogP contribution in [0.15, 0.2) is 12.7 Å². The average molecular weight is 712 g/mol. The minimum absolute atomic E-state index is 0.218. The van der Waals surface area contributed by atoms with Crippen LogP contribution in [0.4, 0.5) is 0 Å². The van der Waals surface area contributed by atoms with Crippen LogP contribution in [-0.4, -0.2) is 52.3 Å². The first-order valence-corrected chi connectivity index (χ1v) is 21.6. The van der Waals surface area contributed by atoms with Gasteiger partial charge in [-0.15, -0.1) is 0 Å². The summed E-state index contributed by atoms with van der Waals surface area (Å²) >= 11 is 1.81. The zero-order chi connectivity index (χ0) is 36.0. The van der Waals surface area contributed by atoms with Gasteiger partial charge in [-0.2, -0.15) is 11.8 Å². The molecule has 0 spiro atoms. The van der Waals surface area contributed by atoms with E-state index < -0.39 is 18.0 Å². The Labute approximate surface area is 305 Å². The SMILES string of the molecule is C=CCOC(=O)[C@@H](N)CSCC(CCCCCCCCCCCCCCCCC(=O)O)CCCCCCCCCCCCCCCC(=O)O. The molecular weight excluding hydrogens is 635 g/mol. The van der Waals surface area contributed by atoms with Gasteiger partial charge in [-0.25, -0.2) is 0 Å². The molecule has 8 heteroatoms. The summed E-state index contributed by atoms with van der Waals surface area (Å²) in [6.07, 6.45) is 38.5. The minimum atomic E-state index is -0.674. The van der Waals surface area contributed by atoms with Crippen LogP contribution in [-0.2, 0) is 19.1 Å². The van der Waals surface area contributed by atoms with E-state index in [-0.39, 0.29) is 12.6 Å². The van der Waals surface area contributed by atoms with Crippen molar-refractivity contribution in [3.63, 3.8) is 0 Å². The third-order valence-corrected chi connectivity index (χ3v) is 10.9. The Morgan fingerprint density at radius 1 is 0.531 bits per heavy atom. The van der Waals surface area contributed by atoms with Crippen molar-refractivity contribution in [1.29, 1.82) is 0 Å². The van der Waals surface area contributed by atoms with Gasteiger partial charge in [0.1, 0.15) is 12.6 Å². The summed E-state index contributed by atoms with van der Waals surface area (Å²) in [5, 5.41) is 17.4. The summed E-state index contributed by atoms with van der Waals surface area (Å²) in [4.78, 5) is 33.1. The second-order valence-electron chi connectivity index (χ2n) is 14.3. The predicted octanol–water partition coefficient (Wildman–Crippen LogP) is 11.7. The number of aliphatic carboxylic acids is 2. The first-order chi connectivity index (χ1) is 23.9. The van der Waals surface area contributed by atoms with Crippen LogP contribution in [0.25, 0.3) is 0 Å². The van der Waals surface area contributed by atoms with E-state index >= 15 is 0 Å². The summed E-state index contributed by atoms with van der Waals surface area (Å²) in [6, 6.07) is -0.565. The molecule has 7 nitrogen and oxygen atoms in total. The smallest absolute Gasteiger partial charge is 0.324 e. The zero-order valence-electron chi connectivity index (χ0n) is 31.5. The van der Waals surface area contributed by atoms with Crippen LogP contribution in [0, 0.1) is 5.92 Å². The molecule has 0 aromatic rings. The van der Waals surface area contributed by atoms with Gasteiger partial charge in [0.05, 0.1) is 0 Å². The molecule has 0 aliphatic heterocycles. The molecule has 0 aliphatic rings. The van der Waals surface area contributed by atoms with Crippen molar-refractivity contribution < 1.29 is 29.3 Å². The summed E-state index contributed by atoms with van der Waals surface area (Å²) in [7, 11) is 0. The number of ether oxygens (including phenoxy) is 1. The molecule has 0 saturated heterocycles. The van der Waals surface area contributed by atoms with Crippen LogP contribution in [0.1, 0.15) is 199 Å². The number of hydrogen-bond acceptors (Lipinski definition) is 6. The Balaban J connectivity index is 3.98. The van der Waals surface area contributed by atoms with Gasteiger partial charge in [0.2, 0.25) is 0 Å². The van der Waals surface area contributed by atoms with Crippen LogP contribution in [0.3, 0.4) is 0 Å². The molecular formula is C41H77NO6S. The standard InChI is InChI=1S/C41H77NO6S/c1-2-34-48-41(47)38(42)36-49-35-37(31-27-23-19-15-11-7-5-9-13-17-21-25-29-33-40(45)46)30-26-22-18-14-10-6-3-4-8-12-16-20-24-28-32-39(43)44/h2,37-38H,1,3-36,42H2,(H,43,44)(H,45,46)/t37?,38-/m0/s1. The van der Waals surface area contributed by atoms with Gasteiger partial charge in [0.25, 0.3) is 0 Å². The molecule has 4 N–H and O–H groups in total. The van der Waals surface area contributed by atoms with E-state index in [0.29, 0.717) is 24.5 Å². The Bertz CT molecular complexity index is 779. The highest BCUT2D eigenvalue weighted by Crippen LogP contribution is 2.24. The van der Waals surface area contributed by atoms with Gasteiger partial charge in [0, 0.05) is 18.6 Å². The van der Waals surface area contributed by atoms with E-state index in [1.807, 2.05) is 11.8 Å². The summed E-state index contributed by atoms with van der Waals surface area (Å²) in [5.74, 6) is 0.707. The number of rotatable bonds is 40. The first-order valence-electron chi connectivity index (χ1n) is 20.4. The Morgan fingerprint density at radius 2 is 0.837 bits per heavy atom. The molecule has 0 saturated carbocycles. The van der Waals surface area contributed by atoms with E-state index in [9.17, 15) is 14.4 Å². The van der Waals surface area contributed by atoms with Crippen molar-refractivity contribution in [2.24, 2.45) is 11.7 Å². The summed E-state index contributed by atoms with van der Waals surface area (Å²) in [5.41, 5.74) is 6.06. The highest BCUT2D eigenvalue weighted by Gasteiger charge is 2.16. The number of nitrogens with two attached hydrogens (primary N) is 1. The van der Waals surface area contributed by atoms with E-state index in [4.69, 9.17) is 20.7 Å². The van der Waals surface area contributed by atoms with Gasteiger partial charge in [-0.05, 0) is 37.4 Å². The third-order valence-electron chi connectivity index (χ3n) is 9.55. The Hall–Kier alpha value is -1.54. The second kappa shape index (κ2) is 37.7. The molecule has 0 aliphatic carbocycles. The average Bonchev–Trinajstić information content (AvgIpc) is 3.07. The molecule has 0 heterocycles. The molecule has 0 rings (SSSR count). The van der Waals surface area contributed by atoms with Gasteiger partial charge in [0.15, 0.2) is 0 Å². The van der Waals surface area contributed by atoms with Crippen molar-refractivity contribution in [2.45, 2.75) is 205 Å². The fourth-order valence-electron chi connectivity index (χ4n) is 6.47. The van der Waals surface area contributed by atoms with Crippen molar-refractivity contribution >= 4 is 29.7 Å². The maximum Gasteiger partial charge on any atom is 0.324 e. The lowest BCUT2D eigenvalue weighted by atomic mass is 9.95. The lowest BCUT2D eigenvalue weighted by Crippen LogP contribution is -2.35. The van der Waals surface area contributed by atoms with E-state index in [0.717, 1.165) is 31.4 Å². The topological polar surface area (TPSA) is 127 Å². The maximum atomic E-state index is 12.0.